The molecule has 2 rings (SSSR count). The molecule has 0 aromatic heterocycles. The standard InChI is InChI=1S/C16H17ClFNO/c1-10-6-12(8-13(17)7-10)16(19-2)11-4-5-15(20-3)14(18)9-11/h4-9,16,19H,1-3H3. The molecule has 1 atom stereocenters. The van der Waals surface area contributed by atoms with Crippen LogP contribution in [0.25, 0.3) is 0 Å². The van der Waals surface area contributed by atoms with Gasteiger partial charge in [-0.15, -0.1) is 0 Å². The van der Waals surface area contributed by atoms with E-state index >= 15 is 0 Å². The first kappa shape index (κ1) is 14.8. The Hall–Kier alpha value is -1.58. The first-order chi connectivity index (χ1) is 9.55. The summed E-state index contributed by atoms with van der Waals surface area (Å²) in [7, 11) is 3.29. The van der Waals surface area contributed by atoms with Gasteiger partial charge in [-0.2, -0.15) is 0 Å². The summed E-state index contributed by atoms with van der Waals surface area (Å²) in [6, 6.07) is 10.7. The number of ether oxygens (including phenoxy) is 1. The van der Waals surface area contributed by atoms with Gasteiger partial charge in [0, 0.05) is 5.02 Å². The molecule has 1 N–H and O–H groups in total. The Kier molecular flexibility index (Phi) is 4.63. The molecule has 0 fully saturated rings. The van der Waals surface area contributed by atoms with E-state index in [4.69, 9.17) is 16.3 Å². The maximum Gasteiger partial charge on any atom is 0.165 e. The average Bonchev–Trinajstić information content (AvgIpc) is 2.38. The highest BCUT2D eigenvalue weighted by Crippen LogP contribution is 2.28. The predicted molar refractivity (Wildman–Crippen MR) is 80.0 cm³/mol. The summed E-state index contributed by atoms with van der Waals surface area (Å²) in [4.78, 5) is 0. The third-order valence-electron chi connectivity index (χ3n) is 3.20. The van der Waals surface area contributed by atoms with Gasteiger partial charge in [0.1, 0.15) is 0 Å². The van der Waals surface area contributed by atoms with Gasteiger partial charge in [0.05, 0.1) is 13.2 Å². The molecule has 0 radical (unpaired) electrons. The van der Waals surface area contributed by atoms with Crippen LogP contribution in [0.2, 0.25) is 5.02 Å². The van der Waals surface area contributed by atoms with Gasteiger partial charge < -0.3 is 10.1 Å². The molecule has 2 nitrogen and oxygen atoms in total. The van der Waals surface area contributed by atoms with Gasteiger partial charge in [0.2, 0.25) is 0 Å². The molecule has 1 unspecified atom stereocenters. The maximum atomic E-state index is 13.8. The second-order valence-electron chi connectivity index (χ2n) is 4.68. The number of hydrogen-bond donors (Lipinski definition) is 1. The van der Waals surface area contributed by atoms with Crippen molar-refractivity contribution in [1.82, 2.24) is 5.32 Å². The number of rotatable bonds is 4. The van der Waals surface area contributed by atoms with E-state index in [2.05, 4.69) is 5.32 Å². The Balaban J connectivity index is 2.44. The molecule has 20 heavy (non-hydrogen) atoms. The summed E-state index contributed by atoms with van der Waals surface area (Å²) in [5.41, 5.74) is 2.90. The third-order valence-corrected chi connectivity index (χ3v) is 3.41. The number of hydrogen-bond acceptors (Lipinski definition) is 2. The fraction of sp³-hybridized carbons (Fsp3) is 0.250. The van der Waals surface area contributed by atoms with Crippen molar-refractivity contribution in [2.75, 3.05) is 14.2 Å². The van der Waals surface area contributed by atoms with E-state index in [1.807, 2.05) is 38.2 Å². The molecule has 0 heterocycles. The van der Waals surface area contributed by atoms with E-state index in [9.17, 15) is 4.39 Å². The molecule has 2 aromatic carbocycles. The van der Waals surface area contributed by atoms with Gasteiger partial charge in [-0.05, 0) is 54.9 Å². The van der Waals surface area contributed by atoms with Crippen molar-refractivity contribution in [3.05, 3.63) is 63.9 Å². The number of halogens is 2. The minimum Gasteiger partial charge on any atom is -0.494 e. The van der Waals surface area contributed by atoms with Crippen LogP contribution in [0.1, 0.15) is 22.7 Å². The summed E-state index contributed by atoms with van der Waals surface area (Å²) in [6.07, 6.45) is 0. The van der Waals surface area contributed by atoms with Crippen molar-refractivity contribution in [2.24, 2.45) is 0 Å². The van der Waals surface area contributed by atoms with Gasteiger partial charge in [-0.25, -0.2) is 4.39 Å². The fourth-order valence-corrected chi connectivity index (χ4v) is 2.62. The quantitative estimate of drug-likeness (QED) is 0.916. The van der Waals surface area contributed by atoms with Crippen LogP contribution in [0.5, 0.6) is 5.75 Å². The smallest absolute Gasteiger partial charge is 0.165 e. The molecule has 0 amide bonds. The lowest BCUT2D eigenvalue weighted by Crippen LogP contribution is -2.18. The van der Waals surface area contributed by atoms with Gasteiger partial charge >= 0.3 is 0 Å². The van der Waals surface area contributed by atoms with E-state index in [0.29, 0.717) is 5.02 Å². The number of aryl methyl sites for hydroxylation is 1. The van der Waals surface area contributed by atoms with Crippen molar-refractivity contribution < 1.29 is 9.13 Å². The Bertz CT molecular complexity index is 595. The van der Waals surface area contributed by atoms with E-state index in [1.54, 1.807) is 6.07 Å². The first-order valence-corrected chi connectivity index (χ1v) is 6.70. The number of nitrogens with one attached hydrogen (secondary N) is 1. The predicted octanol–water partition coefficient (Wildman–Crippen LogP) is 4.10. The normalized spacial score (nSPS) is 12.2. The van der Waals surface area contributed by atoms with Crippen LogP contribution in [0, 0.1) is 12.7 Å². The van der Waals surface area contributed by atoms with Crippen LogP contribution in [-0.2, 0) is 0 Å². The number of methoxy groups -OCH3 is 1. The maximum absolute atomic E-state index is 13.8. The lowest BCUT2D eigenvalue weighted by molar-refractivity contribution is 0.386. The number of benzene rings is 2. The van der Waals surface area contributed by atoms with Crippen LogP contribution >= 0.6 is 11.6 Å². The SMILES string of the molecule is CNC(c1cc(C)cc(Cl)c1)c1ccc(OC)c(F)c1. The van der Waals surface area contributed by atoms with E-state index in [-0.39, 0.29) is 17.6 Å². The highest BCUT2D eigenvalue weighted by Gasteiger charge is 2.15. The van der Waals surface area contributed by atoms with Crippen molar-refractivity contribution >= 4 is 11.6 Å². The summed E-state index contributed by atoms with van der Waals surface area (Å²) in [6.45, 7) is 1.98. The van der Waals surface area contributed by atoms with Crippen LogP contribution in [0.15, 0.2) is 36.4 Å². The zero-order valence-corrected chi connectivity index (χ0v) is 12.5. The molecule has 0 spiro atoms. The van der Waals surface area contributed by atoms with Gasteiger partial charge in [0.25, 0.3) is 0 Å². The minimum atomic E-state index is -0.371. The lowest BCUT2D eigenvalue weighted by Gasteiger charge is -2.19. The Morgan fingerprint density at radius 3 is 2.45 bits per heavy atom. The highest BCUT2D eigenvalue weighted by molar-refractivity contribution is 6.30. The molecular formula is C16H17ClFNO. The Morgan fingerprint density at radius 2 is 1.90 bits per heavy atom. The van der Waals surface area contributed by atoms with Crippen LogP contribution in [0.4, 0.5) is 4.39 Å². The molecule has 0 aliphatic heterocycles. The van der Waals surface area contributed by atoms with E-state index < -0.39 is 0 Å². The molecule has 106 valence electrons. The van der Waals surface area contributed by atoms with Crippen LogP contribution in [-0.4, -0.2) is 14.2 Å². The molecule has 4 heteroatoms. The van der Waals surface area contributed by atoms with Crippen LogP contribution in [0.3, 0.4) is 0 Å². The van der Waals surface area contributed by atoms with Gasteiger partial charge in [0.15, 0.2) is 11.6 Å². The summed E-state index contributed by atoms with van der Waals surface area (Å²) in [5.74, 6) is -0.130. The van der Waals surface area contributed by atoms with E-state index in [1.165, 1.54) is 13.2 Å². The highest BCUT2D eigenvalue weighted by atomic mass is 35.5. The Labute approximate surface area is 123 Å². The Morgan fingerprint density at radius 1 is 1.15 bits per heavy atom. The first-order valence-electron chi connectivity index (χ1n) is 6.33. The average molecular weight is 294 g/mol. The molecule has 2 aromatic rings. The molecular weight excluding hydrogens is 277 g/mol. The van der Waals surface area contributed by atoms with Crippen molar-refractivity contribution in [3.63, 3.8) is 0 Å². The van der Waals surface area contributed by atoms with Gasteiger partial charge in [-0.1, -0.05) is 23.7 Å². The van der Waals surface area contributed by atoms with Crippen LogP contribution < -0.4 is 10.1 Å². The second kappa shape index (κ2) is 6.25. The largest absolute Gasteiger partial charge is 0.494 e. The zero-order valence-electron chi connectivity index (χ0n) is 11.7. The topological polar surface area (TPSA) is 21.3 Å². The molecule has 0 saturated carbocycles. The summed E-state index contributed by atoms with van der Waals surface area (Å²) < 4.78 is 18.8. The minimum absolute atomic E-state index is 0.118. The monoisotopic (exact) mass is 293 g/mol. The molecule has 0 aliphatic carbocycles. The molecule has 0 saturated heterocycles. The molecule has 0 bridgehead atoms. The van der Waals surface area contributed by atoms with Crippen molar-refractivity contribution in [1.29, 1.82) is 0 Å². The second-order valence-corrected chi connectivity index (χ2v) is 5.11. The lowest BCUT2D eigenvalue weighted by atomic mass is 9.97. The third kappa shape index (κ3) is 3.11. The van der Waals surface area contributed by atoms with Crippen molar-refractivity contribution in [2.45, 2.75) is 13.0 Å². The zero-order chi connectivity index (χ0) is 14.7. The van der Waals surface area contributed by atoms with Gasteiger partial charge in [-0.3, -0.25) is 0 Å². The summed E-state index contributed by atoms with van der Waals surface area (Å²) >= 11 is 6.10. The fourth-order valence-electron chi connectivity index (χ4n) is 2.32. The summed E-state index contributed by atoms with van der Waals surface area (Å²) in [5, 5.41) is 3.86. The van der Waals surface area contributed by atoms with Crippen molar-refractivity contribution in [3.8, 4) is 5.75 Å². The van der Waals surface area contributed by atoms with E-state index in [0.717, 1.165) is 16.7 Å². The molecule has 0 aliphatic rings.